The second-order valence-corrected chi connectivity index (χ2v) is 6.18. The third kappa shape index (κ3) is 3.60. The van der Waals surface area contributed by atoms with Gasteiger partial charge in [0.25, 0.3) is 0 Å². The van der Waals surface area contributed by atoms with E-state index >= 15 is 0 Å². The van der Waals surface area contributed by atoms with Gasteiger partial charge >= 0.3 is 5.97 Å². The van der Waals surface area contributed by atoms with Crippen LogP contribution in [0.15, 0.2) is 12.1 Å². The molecule has 1 aliphatic carbocycles. The molecule has 1 saturated heterocycles. The van der Waals surface area contributed by atoms with E-state index in [1.807, 2.05) is 9.80 Å². The molecule has 124 valence electrons. The lowest BCUT2D eigenvalue weighted by molar-refractivity contribution is -0.131. The smallest absolute Gasteiger partial charge is 0.358 e. The number of ether oxygens (including phenoxy) is 1. The minimum absolute atomic E-state index is 0.141. The Morgan fingerprint density at radius 2 is 2.04 bits per heavy atom. The van der Waals surface area contributed by atoms with Crippen LogP contribution >= 0.6 is 0 Å². The number of carbonyl (C=O) groups is 2. The summed E-state index contributed by atoms with van der Waals surface area (Å²) in [6.45, 7) is 2.67. The quantitative estimate of drug-likeness (QED) is 0.774. The van der Waals surface area contributed by atoms with Gasteiger partial charge in [-0.05, 0) is 30.9 Å². The van der Waals surface area contributed by atoms with Gasteiger partial charge in [0, 0.05) is 19.6 Å². The van der Waals surface area contributed by atoms with Crippen LogP contribution in [-0.2, 0) is 9.53 Å². The van der Waals surface area contributed by atoms with Crippen LogP contribution < -0.4 is 4.90 Å². The zero-order valence-electron chi connectivity index (χ0n) is 13.4. The molecule has 0 atom stereocenters. The molecule has 1 saturated carbocycles. The standard InChI is InChI=1S/C16H22N4O3/c1-23-16(22)13-6-7-14(18-17-13)19-8-9-20(15(21)11-19)10-12-4-2-3-5-12/h6-7,12H,2-5,8-11H2,1H3. The van der Waals surface area contributed by atoms with Crippen LogP contribution in [0.1, 0.15) is 36.2 Å². The Labute approximate surface area is 135 Å². The summed E-state index contributed by atoms with van der Waals surface area (Å²) in [6, 6.07) is 3.28. The molecule has 2 heterocycles. The summed E-state index contributed by atoms with van der Waals surface area (Å²) in [7, 11) is 1.31. The molecule has 0 N–H and O–H groups in total. The number of hydrogen-bond acceptors (Lipinski definition) is 6. The van der Waals surface area contributed by atoms with Crippen molar-refractivity contribution in [1.82, 2.24) is 15.1 Å². The summed E-state index contributed by atoms with van der Waals surface area (Å²) in [6.07, 6.45) is 5.07. The van der Waals surface area contributed by atoms with Gasteiger partial charge in [0.05, 0.1) is 13.7 Å². The van der Waals surface area contributed by atoms with Gasteiger partial charge in [-0.2, -0.15) is 0 Å². The topological polar surface area (TPSA) is 75.6 Å². The van der Waals surface area contributed by atoms with Gasteiger partial charge in [0.15, 0.2) is 11.5 Å². The molecule has 2 aliphatic rings. The van der Waals surface area contributed by atoms with Gasteiger partial charge in [-0.15, -0.1) is 10.2 Å². The van der Waals surface area contributed by atoms with Crippen molar-refractivity contribution in [3.8, 4) is 0 Å². The first-order chi connectivity index (χ1) is 11.2. The zero-order valence-corrected chi connectivity index (χ0v) is 13.4. The predicted molar refractivity (Wildman–Crippen MR) is 84.1 cm³/mol. The van der Waals surface area contributed by atoms with Crippen molar-refractivity contribution < 1.29 is 14.3 Å². The maximum absolute atomic E-state index is 12.3. The van der Waals surface area contributed by atoms with Gasteiger partial charge in [0.1, 0.15) is 0 Å². The molecule has 23 heavy (non-hydrogen) atoms. The van der Waals surface area contributed by atoms with E-state index in [1.54, 1.807) is 12.1 Å². The van der Waals surface area contributed by atoms with Crippen molar-refractivity contribution in [2.75, 3.05) is 38.2 Å². The van der Waals surface area contributed by atoms with E-state index in [0.717, 1.165) is 19.6 Å². The normalized spacial score (nSPS) is 19.3. The molecule has 0 bridgehead atoms. The van der Waals surface area contributed by atoms with Crippen molar-refractivity contribution in [2.45, 2.75) is 25.7 Å². The Bertz CT molecular complexity index is 569. The SMILES string of the molecule is COC(=O)c1ccc(N2CCN(CC3CCCC3)C(=O)C2)nn1. The van der Waals surface area contributed by atoms with Crippen LogP contribution in [-0.4, -0.2) is 60.3 Å². The van der Waals surface area contributed by atoms with Crippen molar-refractivity contribution in [3.05, 3.63) is 17.8 Å². The van der Waals surface area contributed by atoms with Crippen LogP contribution in [0.3, 0.4) is 0 Å². The molecule has 1 aromatic heterocycles. The molecule has 7 nitrogen and oxygen atoms in total. The summed E-state index contributed by atoms with van der Waals surface area (Å²) in [5.41, 5.74) is 0.169. The molecule has 3 rings (SSSR count). The first-order valence-electron chi connectivity index (χ1n) is 8.12. The minimum atomic E-state index is -0.512. The third-order valence-corrected chi connectivity index (χ3v) is 4.64. The highest BCUT2D eigenvalue weighted by molar-refractivity contribution is 5.87. The van der Waals surface area contributed by atoms with Crippen LogP contribution in [0.4, 0.5) is 5.82 Å². The highest BCUT2D eigenvalue weighted by Crippen LogP contribution is 2.26. The molecule has 0 radical (unpaired) electrons. The number of nitrogens with zero attached hydrogens (tertiary/aromatic N) is 4. The van der Waals surface area contributed by atoms with Gasteiger partial charge < -0.3 is 14.5 Å². The van der Waals surface area contributed by atoms with E-state index in [2.05, 4.69) is 14.9 Å². The van der Waals surface area contributed by atoms with Crippen LogP contribution in [0.25, 0.3) is 0 Å². The lowest BCUT2D eigenvalue weighted by atomic mass is 10.1. The minimum Gasteiger partial charge on any atom is -0.464 e. The van der Waals surface area contributed by atoms with E-state index in [0.29, 0.717) is 18.3 Å². The summed E-state index contributed by atoms with van der Waals surface area (Å²) in [5.74, 6) is 0.916. The van der Waals surface area contributed by atoms with Gasteiger partial charge in [-0.25, -0.2) is 4.79 Å². The molecule has 1 aromatic rings. The van der Waals surface area contributed by atoms with Crippen LogP contribution in [0.5, 0.6) is 0 Å². The number of aromatic nitrogens is 2. The second kappa shape index (κ2) is 6.93. The average Bonchev–Trinajstić information content (AvgIpc) is 3.09. The molecule has 0 unspecified atom stereocenters. The molecule has 0 aromatic carbocycles. The van der Waals surface area contributed by atoms with E-state index in [1.165, 1.54) is 32.8 Å². The lowest BCUT2D eigenvalue weighted by Gasteiger charge is -2.36. The van der Waals surface area contributed by atoms with E-state index in [-0.39, 0.29) is 11.6 Å². The molecular weight excluding hydrogens is 296 g/mol. The van der Waals surface area contributed by atoms with Gasteiger partial charge in [-0.1, -0.05) is 12.8 Å². The molecule has 1 amide bonds. The molecule has 0 spiro atoms. The summed E-state index contributed by atoms with van der Waals surface area (Å²) < 4.78 is 4.60. The number of rotatable bonds is 4. The highest BCUT2D eigenvalue weighted by Gasteiger charge is 2.28. The zero-order chi connectivity index (χ0) is 16.2. The Balaban J connectivity index is 1.58. The first-order valence-corrected chi connectivity index (χ1v) is 8.12. The van der Waals surface area contributed by atoms with Crippen molar-refractivity contribution >= 4 is 17.7 Å². The van der Waals surface area contributed by atoms with E-state index in [9.17, 15) is 9.59 Å². The number of piperazine rings is 1. The fourth-order valence-corrected chi connectivity index (χ4v) is 3.31. The highest BCUT2D eigenvalue weighted by atomic mass is 16.5. The second-order valence-electron chi connectivity index (χ2n) is 6.18. The Kier molecular flexibility index (Phi) is 4.73. The molecule has 1 aliphatic heterocycles. The van der Waals surface area contributed by atoms with Gasteiger partial charge in [-0.3, -0.25) is 4.79 Å². The van der Waals surface area contributed by atoms with Crippen molar-refractivity contribution in [1.29, 1.82) is 0 Å². The van der Waals surface area contributed by atoms with Crippen molar-refractivity contribution in [2.24, 2.45) is 5.92 Å². The Hall–Kier alpha value is -2.18. The number of anilines is 1. The third-order valence-electron chi connectivity index (χ3n) is 4.64. The number of methoxy groups -OCH3 is 1. The van der Waals surface area contributed by atoms with Crippen LogP contribution in [0.2, 0.25) is 0 Å². The summed E-state index contributed by atoms with van der Waals surface area (Å²) in [5, 5.41) is 7.90. The summed E-state index contributed by atoms with van der Waals surface area (Å²) in [4.78, 5) is 27.6. The first kappa shape index (κ1) is 15.7. The lowest BCUT2D eigenvalue weighted by Crippen LogP contribution is -2.51. The van der Waals surface area contributed by atoms with Gasteiger partial charge in [0.2, 0.25) is 5.91 Å². The predicted octanol–water partition coefficient (Wildman–Crippen LogP) is 1.10. The van der Waals surface area contributed by atoms with Crippen molar-refractivity contribution in [3.63, 3.8) is 0 Å². The molecule has 7 heteroatoms. The average molecular weight is 318 g/mol. The van der Waals surface area contributed by atoms with E-state index < -0.39 is 5.97 Å². The molecular formula is C16H22N4O3. The fourth-order valence-electron chi connectivity index (χ4n) is 3.31. The number of amides is 1. The monoisotopic (exact) mass is 318 g/mol. The number of hydrogen-bond donors (Lipinski definition) is 0. The molecule has 2 fully saturated rings. The Morgan fingerprint density at radius 1 is 1.26 bits per heavy atom. The van der Waals surface area contributed by atoms with Crippen LogP contribution in [0, 0.1) is 5.92 Å². The van der Waals surface area contributed by atoms with E-state index in [4.69, 9.17) is 0 Å². The maximum atomic E-state index is 12.3. The maximum Gasteiger partial charge on any atom is 0.358 e. The number of carbonyl (C=O) groups excluding carboxylic acids is 2. The fraction of sp³-hybridized carbons (Fsp3) is 0.625. The largest absolute Gasteiger partial charge is 0.464 e. The summed E-state index contributed by atoms with van der Waals surface area (Å²) >= 11 is 0. The number of esters is 1. The Morgan fingerprint density at radius 3 is 2.65 bits per heavy atom.